The first kappa shape index (κ1) is 20.9. The maximum atomic E-state index is 13.0. The van der Waals surface area contributed by atoms with E-state index in [1.54, 1.807) is 73.8 Å². The van der Waals surface area contributed by atoms with Crippen LogP contribution >= 0.6 is 0 Å². The van der Waals surface area contributed by atoms with E-state index in [0.29, 0.717) is 39.8 Å². The highest BCUT2D eigenvalue weighted by atomic mass is 16.5. The monoisotopic (exact) mass is 432 g/mol. The molecule has 2 aromatic heterocycles. The standard InChI is InChI=1S/C24H20N2O6/c1-15-24(32-19-8-4-3-7-18(19)29-2)23(28)17-11-10-16(13-20(17)31-15)30-14-22(27)26-21-9-5-6-12-25-21/h3-13H,14H2,1-2H3,(H,25,26,27). The number of anilines is 1. The highest BCUT2D eigenvalue weighted by molar-refractivity contribution is 5.91. The number of methoxy groups -OCH3 is 1. The van der Waals surface area contributed by atoms with Gasteiger partial charge in [0.05, 0.1) is 12.5 Å². The van der Waals surface area contributed by atoms with Gasteiger partial charge in [-0.3, -0.25) is 9.59 Å². The third-order valence-corrected chi connectivity index (χ3v) is 4.57. The van der Waals surface area contributed by atoms with Gasteiger partial charge in [0.25, 0.3) is 5.91 Å². The normalized spacial score (nSPS) is 10.6. The van der Waals surface area contributed by atoms with Crippen molar-refractivity contribution in [1.29, 1.82) is 0 Å². The number of aryl methyl sites for hydroxylation is 1. The molecule has 8 heteroatoms. The molecule has 0 atom stereocenters. The predicted octanol–water partition coefficient (Wildman–Crippen LogP) is 4.31. The lowest BCUT2D eigenvalue weighted by Crippen LogP contribution is -2.20. The van der Waals surface area contributed by atoms with E-state index in [0.717, 1.165) is 0 Å². The number of ether oxygens (including phenoxy) is 3. The summed E-state index contributed by atoms with van der Waals surface area (Å²) < 4.78 is 22.4. The van der Waals surface area contributed by atoms with Crippen molar-refractivity contribution in [3.8, 4) is 23.0 Å². The van der Waals surface area contributed by atoms with Crippen molar-refractivity contribution in [2.75, 3.05) is 19.0 Å². The van der Waals surface area contributed by atoms with E-state index in [1.807, 2.05) is 0 Å². The summed E-state index contributed by atoms with van der Waals surface area (Å²) in [6.07, 6.45) is 1.58. The first-order chi connectivity index (χ1) is 15.5. The Morgan fingerprint density at radius 3 is 2.59 bits per heavy atom. The van der Waals surface area contributed by atoms with Crippen molar-refractivity contribution >= 4 is 22.7 Å². The van der Waals surface area contributed by atoms with Crippen molar-refractivity contribution in [1.82, 2.24) is 4.98 Å². The van der Waals surface area contributed by atoms with Crippen LogP contribution in [0.1, 0.15) is 5.76 Å². The second kappa shape index (κ2) is 9.22. The molecule has 4 rings (SSSR count). The fourth-order valence-corrected chi connectivity index (χ4v) is 3.05. The molecule has 162 valence electrons. The Balaban J connectivity index is 1.53. The number of nitrogens with zero attached hydrogens (tertiary/aromatic N) is 1. The Morgan fingerprint density at radius 1 is 1.06 bits per heavy atom. The number of carbonyl (C=O) groups is 1. The molecule has 0 bridgehead atoms. The number of amides is 1. The third kappa shape index (κ3) is 4.54. The lowest BCUT2D eigenvalue weighted by atomic mass is 10.2. The quantitative estimate of drug-likeness (QED) is 0.464. The van der Waals surface area contributed by atoms with Gasteiger partial charge >= 0.3 is 0 Å². The molecule has 0 saturated heterocycles. The topological polar surface area (TPSA) is 99.9 Å². The van der Waals surface area contributed by atoms with Gasteiger partial charge in [0.1, 0.15) is 22.9 Å². The van der Waals surface area contributed by atoms with E-state index in [9.17, 15) is 9.59 Å². The second-order valence-electron chi connectivity index (χ2n) is 6.78. The Morgan fingerprint density at radius 2 is 1.84 bits per heavy atom. The van der Waals surface area contributed by atoms with Crippen molar-refractivity contribution in [3.63, 3.8) is 0 Å². The Labute approximate surface area is 183 Å². The Hall–Kier alpha value is -4.33. The van der Waals surface area contributed by atoms with Gasteiger partial charge < -0.3 is 23.9 Å². The number of hydrogen-bond donors (Lipinski definition) is 1. The van der Waals surface area contributed by atoms with Crippen molar-refractivity contribution < 1.29 is 23.4 Å². The van der Waals surface area contributed by atoms with Crippen LogP contribution in [0.2, 0.25) is 0 Å². The molecular formula is C24H20N2O6. The van der Waals surface area contributed by atoms with Crippen LogP contribution in [0.3, 0.4) is 0 Å². The first-order valence-electron chi connectivity index (χ1n) is 9.77. The number of fused-ring (bicyclic) bond motifs is 1. The average molecular weight is 432 g/mol. The van der Waals surface area contributed by atoms with Crippen LogP contribution in [0.5, 0.6) is 23.0 Å². The lowest BCUT2D eigenvalue weighted by molar-refractivity contribution is -0.118. The fourth-order valence-electron chi connectivity index (χ4n) is 3.05. The molecule has 4 aromatic rings. The van der Waals surface area contributed by atoms with Crippen LogP contribution in [0, 0.1) is 6.92 Å². The first-order valence-corrected chi connectivity index (χ1v) is 9.77. The largest absolute Gasteiger partial charge is 0.493 e. The molecule has 0 unspecified atom stereocenters. The minimum atomic E-state index is -0.359. The number of nitrogens with one attached hydrogen (secondary N) is 1. The van der Waals surface area contributed by atoms with E-state index >= 15 is 0 Å². The summed E-state index contributed by atoms with van der Waals surface area (Å²) in [5.41, 5.74) is -0.00314. The predicted molar refractivity (Wildman–Crippen MR) is 119 cm³/mol. The number of benzene rings is 2. The molecule has 0 fully saturated rings. The molecule has 2 aromatic carbocycles. The van der Waals surface area contributed by atoms with Gasteiger partial charge in [-0.25, -0.2) is 4.98 Å². The minimum Gasteiger partial charge on any atom is -0.493 e. The van der Waals surface area contributed by atoms with Gasteiger partial charge in [0.2, 0.25) is 11.2 Å². The zero-order valence-electron chi connectivity index (χ0n) is 17.5. The molecule has 32 heavy (non-hydrogen) atoms. The highest BCUT2D eigenvalue weighted by Gasteiger charge is 2.16. The van der Waals surface area contributed by atoms with Gasteiger partial charge in [0, 0.05) is 12.3 Å². The zero-order chi connectivity index (χ0) is 22.5. The number of carbonyl (C=O) groups excluding carboxylic acids is 1. The Kier molecular flexibility index (Phi) is 6.03. The Bertz CT molecular complexity index is 1320. The lowest BCUT2D eigenvalue weighted by Gasteiger charge is -2.12. The van der Waals surface area contributed by atoms with Crippen LogP contribution < -0.4 is 25.0 Å². The molecule has 0 aliphatic rings. The van der Waals surface area contributed by atoms with Crippen LogP contribution in [0.25, 0.3) is 11.0 Å². The number of pyridine rings is 1. The summed E-state index contributed by atoms with van der Waals surface area (Å²) in [5.74, 6) is 1.74. The smallest absolute Gasteiger partial charge is 0.263 e. The molecule has 0 aliphatic heterocycles. The molecule has 0 saturated carbocycles. The van der Waals surface area contributed by atoms with E-state index in [-0.39, 0.29) is 23.7 Å². The molecule has 1 amide bonds. The van der Waals surface area contributed by atoms with Crippen molar-refractivity contribution in [3.05, 3.63) is 82.8 Å². The fraction of sp³-hybridized carbons (Fsp3) is 0.125. The molecule has 8 nitrogen and oxygen atoms in total. The number of para-hydroxylation sites is 2. The summed E-state index contributed by atoms with van der Waals surface area (Å²) in [5, 5.41) is 2.96. The number of rotatable bonds is 7. The van der Waals surface area contributed by atoms with E-state index in [4.69, 9.17) is 18.6 Å². The summed E-state index contributed by atoms with van der Waals surface area (Å²) in [6, 6.07) is 16.9. The van der Waals surface area contributed by atoms with Crippen molar-refractivity contribution in [2.45, 2.75) is 6.92 Å². The second-order valence-corrected chi connectivity index (χ2v) is 6.78. The molecular weight excluding hydrogens is 412 g/mol. The molecule has 0 radical (unpaired) electrons. The van der Waals surface area contributed by atoms with Gasteiger partial charge in [-0.15, -0.1) is 0 Å². The SMILES string of the molecule is COc1ccccc1Oc1c(C)oc2cc(OCC(=O)Nc3ccccn3)ccc2c1=O. The van der Waals surface area contributed by atoms with E-state index < -0.39 is 0 Å². The van der Waals surface area contributed by atoms with E-state index in [1.165, 1.54) is 7.11 Å². The van der Waals surface area contributed by atoms with Gasteiger partial charge in [-0.2, -0.15) is 0 Å². The summed E-state index contributed by atoms with van der Waals surface area (Å²) in [6.45, 7) is 1.42. The third-order valence-electron chi connectivity index (χ3n) is 4.57. The molecule has 1 N–H and O–H groups in total. The maximum Gasteiger partial charge on any atom is 0.263 e. The highest BCUT2D eigenvalue weighted by Crippen LogP contribution is 2.32. The molecule has 0 spiro atoms. The van der Waals surface area contributed by atoms with Crippen LogP contribution in [0.15, 0.2) is 76.1 Å². The molecule has 2 heterocycles. The summed E-state index contributed by atoms with van der Waals surface area (Å²) in [4.78, 5) is 29.1. The summed E-state index contributed by atoms with van der Waals surface area (Å²) >= 11 is 0. The van der Waals surface area contributed by atoms with Crippen molar-refractivity contribution in [2.24, 2.45) is 0 Å². The van der Waals surface area contributed by atoms with Crippen LogP contribution in [-0.4, -0.2) is 24.6 Å². The van der Waals surface area contributed by atoms with Gasteiger partial charge in [0.15, 0.2) is 18.1 Å². The van der Waals surface area contributed by atoms with Crippen LogP contribution in [0.4, 0.5) is 5.82 Å². The average Bonchev–Trinajstić information content (AvgIpc) is 2.81. The molecule has 0 aliphatic carbocycles. The van der Waals surface area contributed by atoms with Gasteiger partial charge in [-0.1, -0.05) is 18.2 Å². The number of aromatic nitrogens is 1. The number of hydrogen-bond acceptors (Lipinski definition) is 7. The van der Waals surface area contributed by atoms with E-state index in [2.05, 4.69) is 10.3 Å². The summed E-state index contributed by atoms with van der Waals surface area (Å²) in [7, 11) is 1.52. The minimum absolute atomic E-state index is 0.0745. The zero-order valence-corrected chi connectivity index (χ0v) is 17.5. The van der Waals surface area contributed by atoms with Gasteiger partial charge in [-0.05, 0) is 43.3 Å². The maximum absolute atomic E-state index is 13.0. The van der Waals surface area contributed by atoms with Crippen LogP contribution in [-0.2, 0) is 4.79 Å².